The Balaban J connectivity index is 1.41. The van der Waals surface area contributed by atoms with Gasteiger partial charge in [0.05, 0.1) is 17.8 Å². The summed E-state index contributed by atoms with van der Waals surface area (Å²) < 4.78 is 6.78. The Morgan fingerprint density at radius 3 is 2.96 bits per heavy atom. The highest BCUT2D eigenvalue weighted by atomic mass is 16.5. The summed E-state index contributed by atoms with van der Waals surface area (Å²) in [5.74, 6) is 0.760. The van der Waals surface area contributed by atoms with Crippen molar-refractivity contribution in [2.75, 3.05) is 13.1 Å². The summed E-state index contributed by atoms with van der Waals surface area (Å²) in [6, 6.07) is -0.212. The molecule has 2 N–H and O–H groups in total. The minimum Gasteiger partial charge on any atom is -0.390 e. The highest BCUT2D eigenvalue weighted by molar-refractivity contribution is 5.76. The molecule has 1 amide bonds. The lowest BCUT2D eigenvalue weighted by molar-refractivity contribution is -0.123. The molecule has 0 unspecified atom stereocenters. The normalized spacial score (nSPS) is 21.0. The zero-order valence-electron chi connectivity index (χ0n) is 15.1. The van der Waals surface area contributed by atoms with Crippen LogP contribution in [0.3, 0.4) is 0 Å². The lowest BCUT2D eigenvalue weighted by Crippen LogP contribution is -2.53. The zero-order valence-corrected chi connectivity index (χ0v) is 15.1. The number of hydrogen-bond acceptors (Lipinski definition) is 8. The second-order valence-electron chi connectivity index (χ2n) is 6.74. The molecule has 2 atom stereocenters. The Morgan fingerprint density at radius 2 is 2.31 bits per heavy atom. The van der Waals surface area contributed by atoms with E-state index in [9.17, 15) is 9.90 Å². The van der Waals surface area contributed by atoms with Crippen molar-refractivity contribution in [2.24, 2.45) is 0 Å². The van der Waals surface area contributed by atoms with Gasteiger partial charge in [-0.2, -0.15) is 0 Å². The fraction of sp³-hybridized carbons (Fsp3) is 0.688. The number of tetrazole rings is 1. The molecule has 0 bridgehead atoms. The first-order valence-electron chi connectivity index (χ1n) is 8.85. The molecule has 10 heteroatoms. The predicted molar refractivity (Wildman–Crippen MR) is 90.9 cm³/mol. The second kappa shape index (κ2) is 8.37. The number of carbonyl (C=O) groups is 1. The standard InChI is InChI=1S/C16H25N7O3/c1-11-13(12(2)26-19-11)8-22-7-5-14(15(24)9-22)18-16(25)4-3-6-23-10-17-20-21-23/h10,14-15,24H,3-9H2,1-2H3,(H,18,25)/t14-,15-/m1/s1. The third-order valence-electron chi connectivity index (χ3n) is 4.76. The van der Waals surface area contributed by atoms with Crippen molar-refractivity contribution in [3.05, 3.63) is 23.3 Å². The van der Waals surface area contributed by atoms with Crippen molar-refractivity contribution in [1.82, 2.24) is 35.6 Å². The van der Waals surface area contributed by atoms with Crippen molar-refractivity contribution in [2.45, 2.75) is 58.3 Å². The first-order chi connectivity index (χ1) is 12.5. The molecular weight excluding hydrogens is 338 g/mol. The average Bonchev–Trinajstić information content (AvgIpc) is 3.23. The van der Waals surface area contributed by atoms with Gasteiger partial charge in [0, 0.05) is 38.2 Å². The number of piperidine rings is 1. The summed E-state index contributed by atoms with van der Waals surface area (Å²) in [5.41, 5.74) is 1.96. The quantitative estimate of drug-likeness (QED) is 0.694. The molecule has 1 saturated heterocycles. The molecule has 0 saturated carbocycles. The lowest BCUT2D eigenvalue weighted by Gasteiger charge is -2.36. The van der Waals surface area contributed by atoms with Gasteiger partial charge >= 0.3 is 0 Å². The van der Waals surface area contributed by atoms with Crippen molar-refractivity contribution in [3.8, 4) is 0 Å². The third kappa shape index (κ3) is 4.64. The van der Waals surface area contributed by atoms with Gasteiger partial charge in [-0.15, -0.1) is 5.10 Å². The van der Waals surface area contributed by atoms with E-state index in [1.165, 1.54) is 6.33 Å². The molecule has 2 aromatic rings. The van der Waals surface area contributed by atoms with Gasteiger partial charge < -0.3 is 14.9 Å². The number of hydrogen-bond donors (Lipinski definition) is 2. The first kappa shape index (κ1) is 18.5. The van der Waals surface area contributed by atoms with Gasteiger partial charge in [0.2, 0.25) is 5.91 Å². The summed E-state index contributed by atoms with van der Waals surface area (Å²) >= 11 is 0. The molecule has 0 radical (unpaired) electrons. The Bertz CT molecular complexity index is 696. The number of aliphatic hydroxyl groups excluding tert-OH is 1. The van der Waals surface area contributed by atoms with Crippen LogP contribution in [-0.4, -0.2) is 66.5 Å². The van der Waals surface area contributed by atoms with Gasteiger partial charge in [-0.05, 0) is 37.1 Å². The van der Waals surface area contributed by atoms with Gasteiger partial charge in [0.1, 0.15) is 12.1 Å². The van der Waals surface area contributed by atoms with Crippen molar-refractivity contribution in [1.29, 1.82) is 0 Å². The van der Waals surface area contributed by atoms with E-state index in [0.29, 0.717) is 38.9 Å². The molecule has 0 spiro atoms. The van der Waals surface area contributed by atoms with Gasteiger partial charge in [0.25, 0.3) is 0 Å². The first-order valence-corrected chi connectivity index (χ1v) is 8.85. The highest BCUT2D eigenvalue weighted by Gasteiger charge is 2.29. The van der Waals surface area contributed by atoms with Crippen LogP contribution in [0.2, 0.25) is 0 Å². The SMILES string of the molecule is Cc1noc(C)c1CN1CC[C@@H](NC(=O)CCCn2cnnn2)[C@H](O)C1. The van der Waals surface area contributed by atoms with E-state index in [-0.39, 0.29) is 11.9 Å². The maximum atomic E-state index is 12.1. The smallest absolute Gasteiger partial charge is 0.220 e. The Kier molecular flexibility index (Phi) is 5.94. The third-order valence-corrected chi connectivity index (χ3v) is 4.76. The summed E-state index contributed by atoms with van der Waals surface area (Å²) in [7, 11) is 0. The molecule has 1 aliphatic heterocycles. The van der Waals surface area contributed by atoms with Crippen molar-refractivity contribution < 1.29 is 14.4 Å². The number of nitrogens with zero attached hydrogens (tertiary/aromatic N) is 6. The van der Waals surface area contributed by atoms with Crippen LogP contribution in [0.4, 0.5) is 0 Å². The second-order valence-corrected chi connectivity index (χ2v) is 6.74. The molecule has 26 heavy (non-hydrogen) atoms. The van der Waals surface area contributed by atoms with Crippen molar-refractivity contribution in [3.63, 3.8) is 0 Å². The van der Waals surface area contributed by atoms with E-state index in [1.807, 2.05) is 13.8 Å². The molecule has 3 heterocycles. The molecule has 3 rings (SSSR count). The maximum absolute atomic E-state index is 12.1. The van der Waals surface area contributed by atoms with E-state index in [1.54, 1.807) is 4.68 Å². The summed E-state index contributed by atoms with van der Waals surface area (Å²) in [5, 5.41) is 28.2. The van der Waals surface area contributed by atoms with Gasteiger partial charge in [-0.25, -0.2) is 4.68 Å². The minimum absolute atomic E-state index is 0.0544. The van der Waals surface area contributed by atoms with Crippen molar-refractivity contribution >= 4 is 5.91 Å². The number of carbonyl (C=O) groups excluding carboxylic acids is 1. The molecule has 0 aliphatic carbocycles. The van der Waals surface area contributed by atoms with E-state index in [4.69, 9.17) is 4.52 Å². The Labute approximate surface area is 151 Å². The molecule has 1 fully saturated rings. The molecular formula is C16H25N7O3. The number of likely N-dealkylation sites (tertiary alicyclic amines) is 1. The number of aryl methyl sites for hydroxylation is 3. The zero-order chi connectivity index (χ0) is 18.5. The monoisotopic (exact) mass is 363 g/mol. The summed E-state index contributed by atoms with van der Waals surface area (Å²) in [4.78, 5) is 14.3. The van der Waals surface area contributed by atoms with Crippen LogP contribution in [0.5, 0.6) is 0 Å². The van der Waals surface area contributed by atoms with Crippen LogP contribution < -0.4 is 5.32 Å². The molecule has 142 valence electrons. The molecule has 1 aliphatic rings. The molecule has 10 nitrogen and oxygen atoms in total. The maximum Gasteiger partial charge on any atom is 0.220 e. The van der Waals surface area contributed by atoms with Crippen LogP contribution in [0, 0.1) is 13.8 Å². The number of nitrogens with one attached hydrogen (secondary N) is 1. The fourth-order valence-corrected chi connectivity index (χ4v) is 3.22. The van der Waals surface area contributed by atoms with Crippen LogP contribution in [0.25, 0.3) is 0 Å². The largest absolute Gasteiger partial charge is 0.390 e. The number of β-amino-alcohol motifs (C(OH)–C–C–N with tert-alkyl or cyclic N) is 1. The van der Waals surface area contributed by atoms with Gasteiger partial charge in [-0.1, -0.05) is 5.16 Å². The van der Waals surface area contributed by atoms with Crippen LogP contribution in [0.1, 0.15) is 36.3 Å². The number of rotatable bonds is 7. The summed E-state index contributed by atoms with van der Waals surface area (Å²) in [6.07, 6.45) is 2.68. The summed E-state index contributed by atoms with van der Waals surface area (Å²) in [6.45, 7) is 6.43. The van der Waals surface area contributed by atoms with E-state index < -0.39 is 6.10 Å². The minimum atomic E-state index is -0.590. The number of aromatic nitrogens is 5. The fourth-order valence-electron chi connectivity index (χ4n) is 3.22. The Hall–Kier alpha value is -2.33. The van der Waals surface area contributed by atoms with Crippen LogP contribution in [-0.2, 0) is 17.9 Å². The van der Waals surface area contributed by atoms with E-state index in [0.717, 1.165) is 23.6 Å². The highest BCUT2D eigenvalue weighted by Crippen LogP contribution is 2.19. The van der Waals surface area contributed by atoms with Crippen LogP contribution in [0.15, 0.2) is 10.9 Å². The van der Waals surface area contributed by atoms with E-state index in [2.05, 4.69) is 30.9 Å². The number of amides is 1. The number of aliphatic hydroxyl groups is 1. The lowest BCUT2D eigenvalue weighted by atomic mass is 10.0. The Morgan fingerprint density at radius 1 is 1.46 bits per heavy atom. The van der Waals surface area contributed by atoms with E-state index >= 15 is 0 Å². The molecule has 2 aromatic heterocycles. The molecule has 0 aromatic carbocycles. The van der Waals surface area contributed by atoms with Gasteiger partial charge in [0.15, 0.2) is 0 Å². The predicted octanol–water partition coefficient (Wildman–Crippen LogP) is -0.190. The van der Waals surface area contributed by atoms with Crippen LogP contribution >= 0.6 is 0 Å². The van der Waals surface area contributed by atoms with Gasteiger partial charge in [-0.3, -0.25) is 9.69 Å². The topological polar surface area (TPSA) is 122 Å². The average molecular weight is 363 g/mol.